The highest BCUT2D eigenvalue weighted by Gasteiger charge is 2.74. The van der Waals surface area contributed by atoms with E-state index >= 15 is 0 Å². The van der Waals surface area contributed by atoms with E-state index in [2.05, 4.69) is 10.1 Å². The van der Waals surface area contributed by atoms with Gasteiger partial charge in [-0.1, -0.05) is 54.1 Å². The number of nitrogens with zero attached hydrogens (tertiary/aromatic N) is 3. The average Bonchev–Trinajstić information content (AvgIpc) is 3.27. The van der Waals surface area contributed by atoms with Gasteiger partial charge in [-0.25, -0.2) is 0 Å². The van der Waals surface area contributed by atoms with Gasteiger partial charge in [0.2, 0.25) is 0 Å². The molecule has 0 amide bonds. The largest absolute Gasteiger partial charge is 0.433 e. The standard InChI is InChI=1S/C24H15ClF9N3O/c25-16-3-1-2-4-17(16)37-18(11-20(36-37)21(38,23(29,30)31)24(32,33)34)14-7-5-13(6-8-14)15-9-10-19(35-12-15)22(26,27)28/h1-10,12,18,38H,11H2. The van der Waals surface area contributed by atoms with E-state index in [4.69, 9.17) is 11.6 Å². The molecule has 0 radical (unpaired) electrons. The predicted octanol–water partition coefficient (Wildman–Crippen LogP) is 7.58. The van der Waals surface area contributed by atoms with Crippen molar-refractivity contribution in [1.82, 2.24) is 4.98 Å². The Labute approximate surface area is 214 Å². The van der Waals surface area contributed by atoms with Gasteiger partial charge in [0, 0.05) is 18.2 Å². The van der Waals surface area contributed by atoms with Gasteiger partial charge in [0.1, 0.15) is 5.69 Å². The number of hydrazone groups is 1. The minimum Gasteiger partial charge on any atom is -0.369 e. The van der Waals surface area contributed by atoms with Gasteiger partial charge in [-0.05, 0) is 29.3 Å². The highest BCUT2D eigenvalue weighted by molar-refractivity contribution is 6.33. The number of alkyl halides is 9. The molecule has 4 nitrogen and oxygen atoms in total. The molecule has 0 saturated heterocycles. The van der Waals surface area contributed by atoms with E-state index in [1.54, 1.807) is 0 Å². The van der Waals surface area contributed by atoms with E-state index in [1.807, 2.05) is 0 Å². The second-order valence-electron chi connectivity index (χ2n) is 8.32. The number of rotatable bonds is 4. The lowest BCUT2D eigenvalue weighted by atomic mass is 9.89. The summed E-state index contributed by atoms with van der Waals surface area (Å²) in [5, 5.41) is 14.3. The summed E-state index contributed by atoms with van der Waals surface area (Å²) in [6, 6.07) is 11.9. The number of hydrogen-bond donors (Lipinski definition) is 1. The van der Waals surface area contributed by atoms with Crippen LogP contribution in [0.2, 0.25) is 5.02 Å². The quantitative estimate of drug-likeness (QED) is 0.331. The van der Waals surface area contributed by atoms with Crippen molar-refractivity contribution in [3.63, 3.8) is 0 Å². The molecule has 1 aliphatic rings. The van der Waals surface area contributed by atoms with Gasteiger partial charge < -0.3 is 5.11 Å². The minimum absolute atomic E-state index is 0.00289. The summed E-state index contributed by atoms with van der Waals surface area (Å²) < 4.78 is 120. The molecular weight excluding hydrogens is 553 g/mol. The minimum atomic E-state index is -6.12. The Bertz CT molecular complexity index is 1320. The van der Waals surface area contributed by atoms with Gasteiger partial charge in [0.25, 0.3) is 5.60 Å². The fraction of sp³-hybridized carbons (Fsp3) is 0.250. The smallest absolute Gasteiger partial charge is 0.369 e. The van der Waals surface area contributed by atoms with Crippen molar-refractivity contribution in [2.24, 2.45) is 5.10 Å². The van der Waals surface area contributed by atoms with Crippen molar-refractivity contribution in [1.29, 1.82) is 0 Å². The molecule has 0 fully saturated rings. The summed E-state index contributed by atoms with van der Waals surface area (Å²) in [6.45, 7) is 0. The Kier molecular flexibility index (Phi) is 6.89. The van der Waals surface area contributed by atoms with E-state index < -0.39 is 48.0 Å². The number of anilines is 1. The molecule has 202 valence electrons. The Morgan fingerprint density at radius 2 is 1.37 bits per heavy atom. The maximum atomic E-state index is 13.6. The topological polar surface area (TPSA) is 48.7 Å². The van der Waals surface area contributed by atoms with Crippen molar-refractivity contribution < 1.29 is 44.6 Å². The highest BCUT2D eigenvalue weighted by Crippen LogP contribution is 2.49. The van der Waals surface area contributed by atoms with Gasteiger partial charge >= 0.3 is 18.5 Å². The van der Waals surface area contributed by atoms with Crippen molar-refractivity contribution in [3.05, 3.63) is 83.1 Å². The van der Waals surface area contributed by atoms with E-state index in [-0.39, 0.29) is 16.3 Å². The van der Waals surface area contributed by atoms with Crippen LogP contribution in [0, 0.1) is 0 Å². The second kappa shape index (κ2) is 9.45. The molecule has 1 N–H and O–H groups in total. The van der Waals surface area contributed by atoms with Gasteiger partial charge in [0.15, 0.2) is 0 Å². The fourth-order valence-corrected chi connectivity index (χ4v) is 4.19. The molecule has 38 heavy (non-hydrogen) atoms. The first-order valence-electron chi connectivity index (χ1n) is 10.6. The summed E-state index contributed by atoms with van der Waals surface area (Å²) >= 11 is 6.14. The molecule has 1 aliphatic heterocycles. The zero-order valence-electron chi connectivity index (χ0n) is 18.7. The number of pyridine rings is 1. The molecule has 2 aromatic carbocycles. The lowest BCUT2D eigenvalue weighted by molar-refractivity contribution is -0.338. The highest BCUT2D eigenvalue weighted by atomic mass is 35.5. The van der Waals surface area contributed by atoms with Crippen LogP contribution < -0.4 is 5.01 Å². The van der Waals surface area contributed by atoms with Crippen molar-refractivity contribution in [2.75, 3.05) is 5.01 Å². The molecule has 2 heterocycles. The molecular formula is C24H15ClF9N3O. The lowest BCUT2D eigenvalue weighted by Crippen LogP contribution is -2.62. The van der Waals surface area contributed by atoms with Crippen LogP contribution in [0.25, 0.3) is 11.1 Å². The summed E-state index contributed by atoms with van der Waals surface area (Å²) in [6.07, 6.45) is -16.9. The fourth-order valence-electron chi connectivity index (χ4n) is 3.97. The SMILES string of the molecule is OC(C1=NN(c2ccccc2Cl)C(c2ccc(-c3ccc(C(F)(F)F)nc3)cc2)C1)(C(F)(F)F)C(F)(F)F. The van der Waals surface area contributed by atoms with Crippen LogP contribution in [0.4, 0.5) is 45.2 Å². The van der Waals surface area contributed by atoms with Crippen LogP contribution in [0.15, 0.2) is 72.0 Å². The van der Waals surface area contributed by atoms with E-state index in [0.717, 1.165) is 17.3 Å². The van der Waals surface area contributed by atoms with Crippen LogP contribution in [0.3, 0.4) is 0 Å². The summed E-state index contributed by atoms with van der Waals surface area (Å²) in [5.74, 6) is 0. The third-order valence-corrected chi connectivity index (χ3v) is 6.25. The normalized spacial score (nSPS) is 17.1. The van der Waals surface area contributed by atoms with Crippen molar-refractivity contribution in [2.45, 2.75) is 36.6 Å². The maximum Gasteiger partial charge on any atom is 0.433 e. The molecule has 0 aliphatic carbocycles. The number of hydrogen-bond acceptors (Lipinski definition) is 4. The summed E-state index contributed by atoms with van der Waals surface area (Å²) in [4.78, 5) is 3.36. The molecule has 3 aromatic rings. The number of benzene rings is 2. The Morgan fingerprint density at radius 3 is 1.87 bits per heavy atom. The van der Waals surface area contributed by atoms with Crippen LogP contribution in [0.1, 0.15) is 23.7 Å². The van der Waals surface area contributed by atoms with Crippen molar-refractivity contribution >= 4 is 23.0 Å². The number of para-hydroxylation sites is 1. The molecule has 0 bridgehead atoms. The van der Waals surface area contributed by atoms with Crippen LogP contribution in [-0.4, -0.2) is 33.8 Å². The predicted molar refractivity (Wildman–Crippen MR) is 120 cm³/mol. The van der Waals surface area contributed by atoms with Gasteiger partial charge in [-0.15, -0.1) is 0 Å². The molecule has 1 aromatic heterocycles. The first kappa shape index (κ1) is 27.7. The first-order valence-corrected chi connectivity index (χ1v) is 11.0. The molecule has 4 rings (SSSR count). The molecule has 1 atom stereocenters. The zero-order chi connectivity index (χ0) is 28.1. The summed E-state index contributed by atoms with van der Waals surface area (Å²) in [5.41, 5.74) is -7.00. The van der Waals surface area contributed by atoms with E-state index in [1.165, 1.54) is 54.6 Å². The third-order valence-electron chi connectivity index (χ3n) is 5.93. The number of aliphatic hydroxyl groups is 1. The Balaban J connectivity index is 1.74. The second-order valence-corrected chi connectivity index (χ2v) is 8.73. The van der Waals surface area contributed by atoms with E-state index in [9.17, 15) is 44.6 Å². The van der Waals surface area contributed by atoms with Gasteiger partial charge in [-0.2, -0.15) is 44.6 Å². The number of aromatic nitrogens is 1. The molecule has 1 unspecified atom stereocenters. The van der Waals surface area contributed by atoms with Gasteiger partial charge in [0.05, 0.1) is 22.5 Å². The van der Waals surface area contributed by atoms with Crippen molar-refractivity contribution in [3.8, 4) is 11.1 Å². The Morgan fingerprint density at radius 1 is 0.789 bits per heavy atom. The summed E-state index contributed by atoms with van der Waals surface area (Å²) in [7, 11) is 0. The number of halogens is 10. The van der Waals surface area contributed by atoms with E-state index in [0.29, 0.717) is 11.1 Å². The maximum absolute atomic E-state index is 13.6. The first-order chi connectivity index (χ1) is 17.5. The zero-order valence-corrected chi connectivity index (χ0v) is 19.5. The monoisotopic (exact) mass is 567 g/mol. The molecule has 0 spiro atoms. The molecule has 0 saturated carbocycles. The lowest BCUT2D eigenvalue weighted by Gasteiger charge is -2.32. The van der Waals surface area contributed by atoms with Crippen LogP contribution in [0.5, 0.6) is 0 Å². The Hall–Kier alpha value is -3.32. The molecule has 14 heteroatoms. The average molecular weight is 568 g/mol. The van der Waals surface area contributed by atoms with Gasteiger partial charge in [-0.3, -0.25) is 9.99 Å². The van der Waals surface area contributed by atoms with Crippen LogP contribution >= 0.6 is 11.6 Å². The van der Waals surface area contributed by atoms with Crippen LogP contribution in [-0.2, 0) is 6.18 Å². The third kappa shape index (κ3) is 4.92.